The molecule has 1 atom stereocenters. The Balaban J connectivity index is 3.14. The van der Waals surface area contributed by atoms with Gasteiger partial charge in [0.1, 0.15) is 6.04 Å². The Morgan fingerprint density at radius 2 is 1.26 bits per heavy atom. The summed E-state index contributed by atoms with van der Waals surface area (Å²) in [5.74, 6) is -33.9. The molecule has 0 spiro atoms. The fraction of sp³-hybridized carbons (Fsp3) is 0.870. The van der Waals surface area contributed by atoms with Crippen molar-refractivity contribution in [1.29, 1.82) is 0 Å². The summed E-state index contributed by atoms with van der Waals surface area (Å²) in [7, 11) is 0. The van der Waals surface area contributed by atoms with Gasteiger partial charge in [0.2, 0.25) is 0 Å². The van der Waals surface area contributed by atoms with Crippen molar-refractivity contribution >= 4 is 17.8 Å². The van der Waals surface area contributed by atoms with Gasteiger partial charge >= 0.3 is 42.0 Å². The molecular formula is C23H28F14N2O4. The lowest BCUT2D eigenvalue weighted by molar-refractivity contribution is -0.346. The number of ether oxygens (including phenoxy) is 1. The number of nitrogens with zero attached hydrogens (tertiary/aromatic N) is 1. The Kier molecular flexibility index (Phi) is 12.5. The molecule has 0 aromatic rings. The van der Waals surface area contributed by atoms with Crippen LogP contribution in [0.2, 0.25) is 0 Å². The fourth-order valence-corrected chi connectivity index (χ4v) is 4.09. The topological polar surface area (TPSA) is 75.7 Å². The lowest BCUT2D eigenvalue weighted by atomic mass is 9.93. The molecule has 43 heavy (non-hydrogen) atoms. The monoisotopic (exact) mass is 662 g/mol. The van der Waals surface area contributed by atoms with Crippen LogP contribution < -0.4 is 5.32 Å². The quantitative estimate of drug-likeness (QED) is 0.132. The standard InChI is InChI=1S/C23H28F14N2O4/c1-2-12-43-15(40)14(38-16(41)18(24,25)20(28,29)22(32,33)34)10-6-7-11-39(13-8-4-3-5-9-13)17(42)19(26,27)21(30,31)23(35,36)37/h13-14H,2-12H2,1H3,(H,38,41). The first-order valence-corrected chi connectivity index (χ1v) is 12.8. The molecule has 0 aromatic carbocycles. The molecule has 0 saturated heterocycles. The normalized spacial score (nSPS) is 16.9. The second-order valence-electron chi connectivity index (χ2n) is 9.77. The summed E-state index contributed by atoms with van der Waals surface area (Å²) in [6.07, 6.45) is -14.6. The molecule has 0 aromatic heterocycles. The highest BCUT2D eigenvalue weighted by molar-refractivity contribution is 5.89. The van der Waals surface area contributed by atoms with Crippen LogP contribution in [0.3, 0.4) is 0 Å². The van der Waals surface area contributed by atoms with Crippen molar-refractivity contribution in [1.82, 2.24) is 10.2 Å². The number of amides is 2. The van der Waals surface area contributed by atoms with E-state index >= 15 is 0 Å². The second-order valence-corrected chi connectivity index (χ2v) is 9.77. The third-order valence-electron chi connectivity index (χ3n) is 6.51. The van der Waals surface area contributed by atoms with E-state index < -0.39 is 98.3 Å². The summed E-state index contributed by atoms with van der Waals surface area (Å²) in [4.78, 5) is 36.4. The van der Waals surface area contributed by atoms with Crippen molar-refractivity contribution in [3.63, 3.8) is 0 Å². The van der Waals surface area contributed by atoms with Crippen LogP contribution in [0, 0.1) is 0 Å². The van der Waals surface area contributed by atoms with E-state index in [1.165, 1.54) is 6.92 Å². The van der Waals surface area contributed by atoms with Crippen LogP contribution in [0.25, 0.3) is 0 Å². The molecule has 20 heteroatoms. The highest BCUT2D eigenvalue weighted by Gasteiger charge is 2.77. The van der Waals surface area contributed by atoms with E-state index in [2.05, 4.69) is 4.74 Å². The van der Waals surface area contributed by atoms with E-state index in [4.69, 9.17) is 0 Å². The lowest BCUT2D eigenvalue weighted by Gasteiger charge is -2.38. The van der Waals surface area contributed by atoms with Gasteiger partial charge in [0, 0.05) is 12.6 Å². The summed E-state index contributed by atoms with van der Waals surface area (Å²) < 4.78 is 189. The zero-order valence-corrected chi connectivity index (χ0v) is 22.3. The van der Waals surface area contributed by atoms with E-state index in [0.29, 0.717) is 19.3 Å². The van der Waals surface area contributed by atoms with Crippen LogP contribution in [0.5, 0.6) is 0 Å². The zero-order valence-electron chi connectivity index (χ0n) is 22.3. The predicted octanol–water partition coefficient (Wildman–Crippen LogP) is 6.42. The highest BCUT2D eigenvalue weighted by Crippen LogP contribution is 2.48. The SMILES string of the molecule is CCCOC(=O)C(CCCCN(C(=O)C(F)(F)C(F)(F)C(F)(F)F)C1CCCCC1)NC(=O)C(F)(F)C(F)(F)C(F)(F)F. The molecule has 1 aliphatic carbocycles. The first-order valence-electron chi connectivity index (χ1n) is 12.8. The summed E-state index contributed by atoms with van der Waals surface area (Å²) in [6.45, 7) is 0.0840. The molecule has 1 aliphatic rings. The summed E-state index contributed by atoms with van der Waals surface area (Å²) in [5, 5.41) is 1.01. The first-order chi connectivity index (χ1) is 19.4. The summed E-state index contributed by atoms with van der Waals surface area (Å²) in [5.41, 5.74) is 0. The number of hydrogen-bond acceptors (Lipinski definition) is 4. The molecule has 2 amide bonds. The van der Waals surface area contributed by atoms with Crippen molar-refractivity contribution in [2.45, 2.75) is 113 Å². The molecule has 0 radical (unpaired) electrons. The molecule has 1 fully saturated rings. The van der Waals surface area contributed by atoms with Gasteiger partial charge in [-0.3, -0.25) is 9.59 Å². The van der Waals surface area contributed by atoms with E-state index in [0.717, 1.165) is 5.32 Å². The number of unbranched alkanes of at least 4 members (excludes halogenated alkanes) is 1. The first kappa shape index (κ1) is 38.5. The van der Waals surface area contributed by atoms with Crippen LogP contribution in [-0.2, 0) is 19.1 Å². The van der Waals surface area contributed by atoms with Gasteiger partial charge in [-0.2, -0.15) is 61.5 Å². The maximum Gasteiger partial charge on any atom is 0.460 e. The third-order valence-corrected chi connectivity index (χ3v) is 6.51. The van der Waals surface area contributed by atoms with E-state index in [-0.39, 0.29) is 24.2 Å². The van der Waals surface area contributed by atoms with Gasteiger partial charge in [0.25, 0.3) is 11.8 Å². The Morgan fingerprint density at radius 1 is 0.767 bits per heavy atom. The van der Waals surface area contributed by atoms with Gasteiger partial charge in [0.15, 0.2) is 0 Å². The number of carbonyl (C=O) groups excluding carboxylic acids is 3. The van der Waals surface area contributed by atoms with Crippen molar-refractivity contribution < 1.29 is 80.6 Å². The maximum atomic E-state index is 14.2. The van der Waals surface area contributed by atoms with E-state index in [1.54, 1.807) is 0 Å². The Hall–Kier alpha value is -2.57. The van der Waals surface area contributed by atoms with Gasteiger partial charge in [-0.1, -0.05) is 26.2 Å². The Morgan fingerprint density at radius 3 is 1.72 bits per heavy atom. The Bertz CT molecular complexity index is 963. The number of nitrogens with one attached hydrogen (secondary N) is 1. The van der Waals surface area contributed by atoms with Gasteiger partial charge < -0.3 is 15.0 Å². The summed E-state index contributed by atoms with van der Waals surface area (Å²) in [6, 6.07) is -3.51. The number of carbonyl (C=O) groups is 3. The average Bonchev–Trinajstić information content (AvgIpc) is 2.89. The van der Waals surface area contributed by atoms with Crippen LogP contribution >= 0.6 is 0 Å². The Labute approximate surface area is 235 Å². The maximum absolute atomic E-state index is 14.2. The molecular weight excluding hydrogens is 634 g/mol. The van der Waals surface area contributed by atoms with Crippen molar-refractivity contribution in [2.75, 3.05) is 13.2 Å². The largest absolute Gasteiger partial charge is 0.464 e. The average molecular weight is 662 g/mol. The van der Waals surface area contributed by atoms with Crippen molar-refractivity contribution in [3.8, 4) is 0 Å². The minimum absolute atomic E-state index is 0.0517. The van der Waals surface area contributed by atoms with E-state index in [1.807, 2.05) is 0 Å². The van der Waals surface area contributed by atoms with Crippen LogP contribution in [0.15, 0.2) is 0 Å². The molecule has 1 rings (SSSR count). The van der Waals surface area contributed by atoms with Crippen LogP contribution in [0.1, 0.15) is 64.7 Å². The number of rotatable bonds is 14. The lowest BCUT2D eigenvalue weighted by Crippen LogP contribution is -2.61. The molecule has 0 bridgehead atoms. The number of esters is 1. The van der Waals surface area contributed by atoms with E-state index in [9.17, 15) is 75.8 Å². The molecule has 6 nitrogen and oxygen atoms in total. The molecule has 1 N–H and O–H groups in total. The third kappa shape index (κ3) is 8.54. The van der Waals surface area contributed by atoms with Gasteiger partial charge in [-0.05, 0) is 38.5 Å². The minimum Gasteiger partial charge on any atom is -0.464 e. The number of alkyl halides is 14. The zero-order chi connectivity index (χ0) is 33.7. The fourth-order valence-electron chi connectivity index (χ4n) is 4.09. The van der Waals surface area contributed by atoms with Crippen LogP contribution in [-0.4, -0.2) is 84.0 Å². The smallest absolute Gasteiger partial charge is 0.460 e. The molecule has 0 aliphatic heterocycles. The highest BCUT2D eigenvalue weighted by atomic mass is 19.4. The van der Waals surface area contributed by atoms with Gasteiger partial charge in [0.05, 0.1) is 6.61 Å². The minimum atomic E-state index is -6.88. The second kappa shape index (κ2) is 14.0. The number of hydrogen-bond donors (Lipinski definition) is 1. The van der Waals surface area contributed by atoms with Gasteiger partial charge in [-0.25, -0.2) is 4.79 Å². The van der Waals surface area contributed by atoms with Crippen molar-refractivity contribution in [3.05, 3.63) is 0 Å². The molecule has 1 saturated carbocycles. The van der Waals surface area contributed by atoms with Crippen LogP contribution in [0.4, 0.5) is 61.5 Å². The summed E-state index contributed by atoms with van der Waals surface area (Å²) >= 11 is 0. The van der Waals surface area contributed by atoms with Crippen molar-refractivity contribution in [2.24, 2.45) is 0 Å². The molecule has 1 unspecified atom stereocenters. The molecule has 252 valence electrons. The predicted molar refractivity (Wildman–Crippen MR) is 118 cm³/mol. The number of halogens is 14. The molecule has 0 heterocycles. The van der Waals surface area contributed by atoms with Gasteiger partial charge in [-0.15, -0.1) is 0 Å².